The van der Waals surface area contributed by atoms with E-state index in [9.17, 15) is 5.11 Å². The number of hydrogen-bond acceptors (Lipinski definition) is 2. The first kappa shape index (κ1) is 13.8. The van der Waals surface area contributed by atoms with E-state index in [1.807, 2.05) is 12.3 Å². The molecule has 2 heteroatoms. The molecule has 0 saturated carbocycles. The van der Waals surface area contributed by atoms with Crippen LogP contribution in [-0.4, -0.2) is 10.1 Å². The van der Waals surface area contributed by atoms with Crippen molar-refractivity contribution < 1.29 is 5.11 Å². The summed E-state index contributed by atoms with van der Waals surface area (Å²) in [6.45, 7) is 6.27. The second-order valence-corrected chi connectivity index (χ2v) is 5.14. The molecule has 0 spiro atoms. The zero-order chi connectivity index (χ0) is 13.8. The summed E-state index contributed by atoms with van der Waals surface area (Å²) in [5, 5.41) is 10.4. The zero-order valence-corrected chi connectivity index (χ0v) is 11.9. The van der Waals surface area contributed by atoms with E-state index in [2.05, 4.69) is 44.0 Å². The number of aliphatic hydroxyl groups excluding tert-OH is 1. The van der Waals surface area contributed by atoms with E-state index >= 15 is 0 Å². The van der Waals surface area contributed by atoms with Crippen LogP contribution in [0.25, 0.3) is 0 Å². The van der Waals surface area contributed by atoms with E-state index in [0.717, 1.165) is 17.5 Å². The van der Waals surface area contributed by atoms with E-state index in [4.69, 9.17) is 0 Å². The summed E-state index contributed by atoms with van der Waals surface area (Å²) >= 11 is 0. The molecule has 19 heavy (non-hydrogen) atoms. The summed E-state index contributed by atoms with van der Waals surface area (Å²) in [5.74, 6) is 0. The van der Waals surface area contributed by atoms with Gasteiger partial charge in [0.2, 0.25) is 0 Å². The van der Waals surface area contributed by atoms with Crippen molar-refractivity contribution in [1.29, 1.82) is 0 Å². The summed E-state index contributed by atoms with van der Waals surface area (Å²) in [5.41, 5.74) is 5.79. The normalized spacial score (nSPS) is 12.4. The fraction of sp³-hybridized carbons (Fsp3) is 0.353. The Labute approximate surface area is 115 Å². The van der Waals surface area contributed by atoms with Crippen LogP contribution in [0.5, 0.6) is 0 Å². The average Bonchev–Trinajstić information content (AvgIpc) is 2.37. The second-order valence-electron chi connectivity index (χ2n) is 5.14. The molecule has 1 atom stereocenters. The minimum atomic E-state index is -0.459. The predicted octanol–water partition coefficient (Wildman–Crippen LogP) is 3.54. The maximum atomic E-state index is 10.4. The van der Waals surface area contributed by atoms with Gasteiger partial charge in [0.1, 0.15) is 0 Å². The molecule has 0 aliphatic rings. The Balaban J connectivity index is 2.22. The standard InChI is InChI=1S/C17H21NO/c1-4-15-11-18-6-5-16(15)17(19)10-14-8-12(2)7-13(3)9-14/h5-9,11,17,19H,4,10H2,1-3H3. The fourth-order valence-corrected chi connectivity index (χ4v) is 2.58. The van der Waals surface area contributed by atoms with Crippen molar-refractivity contribution in [2.24, 2.45) is 0 Å². The van der Waals surface area contributed by atoms with E-state index in [-0.39, 0.29) is 0 Å². The fourth-order valence-electron chi connectivity index (χ4n) is 2.58. The van der Waals surface area contributed by atoms with Crippen molar-refractivity contribution in [2.75, 3.05) is 0 Å². The number of nitrogens with zero attached hydrogens (tertiary/aromatic N) is 1. The van der Waals surface area contributed by atoms with Gasteiger partial charge in [0.15, 0.2) is 0 Å². The molecule has 0 aliphatic heterocycles. The van der Waals surface area contributed by atoms with Crippen molar-refractivity contribution in [1.82, 2.24) is 4.98 Å². The number of aromatic nitrogens is 1. The maximum absolute atomic E-state index is 10.4. The van der Waals surface area contributed by atoms with E-state index in [0.29, 0.717) is 6.42 Å². The third-order valence-corrected chi connectivity index (χ3v) is 3.39. The molecule has 0 fully saturated rings. The molecule has 1 aromatic heterocycles. The number of rotatable bonds is 4. The van der Waals surface area contributed by atoms with Crippen molar-refractivity contribution in [2.45, 2.75) is 39.7 Å². The third kappa shape index (κ3) is 3.42. The van der Waals surface area contributed by atoms with Gasteiger partial charge in [0.05, 0.1) is 6.10 Å². The quantitative estimate of drug-likeness (QED) is 0.906. The van der Waals surface area contributed by atoms with E-state index in [1.54, 1.807) is 6.20 Å². The van der Waals surface area contributed by atoms with Crippen LogP contribution >= 0.6 is 0 Å². The van der Waals surface area contributed by atoms with Gasteiger partial charge < -0.3 is 5.11 Å². The van der Waals surface area contributed by atoms with Gasteiger partial charge in [-0.3, -0.25) is 4.98 Å². The summed E-state index contributed by atoms with van der Waals surface area (Å²) < 4.78 is 0. The molecule has 0 amide bonds. The molecule has 2 nitrogen and oxygen atoms in total. The largest absolute Gasteiger partial charge is 0.388 e. The summed E-state index contributed by atoms with van der Waals surface area (Å²) in [4.78, 5) is 4.12. The topological polar surface area (TPSA) is 33.1 Å². The van der Waals surface area contributed by atoms with Gasteiger partial charge in [-0.2, -0.15) is 0 Å². The lowest BCUT2D eigenvalue weighted by molar-refractivity contribution is 0.177. The van der Waals surface area contributed by atoms with Gasteiger partial charge in [-0.1, -0.05) is 36.2 Å². The Morgan fingerprint density at radius 3 is 2.47 bits per heavy atom. The van der Waals surface area contributed by atoms with Crippen LogP contribution in [0.15, 0.2) is 36.7 Å². The van der Waals surface area contributed by atoms with Crippen molar-refractivity contribution in [3.05, 3.63) is 64.5 Å². The molecule has 0 bridgehead atoms. The van der Waals surface area contributed by atoms with Crippen LogP contribution in [0.2, 0.25) is 0 Å². The molecular formula is C17H21NO. The highest BCUT2D eigenvalue weighted by atomic mass is 16.3. The predicted molar refractivity (Wildman–Crippen MR) is 78.2 cm³/mol. The molecule has 2 aromatic rings. The first-order chi connectivity index (χ1) is 9.10. The summed E-state index contributed by atoms with van der Waals surface area (Å²) in [6, 6.07) is 8.36. The minimum Gasteiger partial charge on any atom is -0.388 e. The van der Waals surface area contributed by atoms with Crippen molar-refractivity contribution >= 4 is 0 Å². The number of benzene rings is 1. The van der Waals surface area contributed by atoms with Gasteiger partial charge in [-0.25, -0.2) is 0 Å². The Hall–Kier alpha value is -1.67. The average molecular weight is 255 g/mol. The van der Waals surface area contributed by atoms with E-state index in [1.165, 1.54) is 16.7 Å². The number of pyridine rings is 1. The lowest BCUT2D eigenvalue weighted by Crippen LogP contribution is -2.06. The molecule has 1 heterocycles. The summed E-state index contributed by atoms with van der Waals surface area (Å²) in [6.07, 6.45) is 4.69. The van der Waals surface area contributed by atoms with Crippen LogP contribution in [0.1, 0.15) is 40.8 Å². The smallest absolute Gasteiger partial charge is 0.0834 e. The zero-order valence-electron chi connectivity index (χ0n) is 11.9. The van der Waals surface area contributed by atoms with Crippen LogP contribution in [0.4, 0.5) is 0 Å². The van der Waals surface area contributed by atoms with Gasteiger partial charge in [0.25, 0.3) is 0 Å². The number of aliphatic hydroxyl groups is 1. The van der Waals surface area contributed by atoms with E-state index < -0.39 is 6.10 Å². The number of aryl methyl sites for hydroxylation is 3. The van der Waals surface area contributed by atoms with Crippen LogP contribution in [-0.2, 0) is 12.8 Å². The Kier molecular flexibility index (Phi) is 4.33. The Bertz CT molecular complexity index is 543. The van der Waals surface area contributed by atoms with Crippen molar-refractivity contribution in [3.8, 4) is 0 Å². The summed E-state index contributed by atoms with van der Waals surface area (Å²) in [7, 11) is 0. The van der Waals surface area contributed by atoms with Gasteiger partial charge in [0, 0.05) is 18.8 Å². The molecule has 0 saturated heterocycles. The van der Waals surface area contributed by atoms with Crippen LogP contribution in [0.3, 0.4) is 0 Å². The maximum Gasteiger partial charge on any atom is 0.0834 e. The monoisotopic (exact) mass is 255 g/mol. The Morgan fingerprint density at radius 1 is 1.16 bits per heavy atom. The Morgan fingerprint density at radius 2 is 1.84 bits per heavy atom. The van der Waals surface area contributed by atoms with Crippen LogP contribution in [0, 0.1) is 13.8 Å². The van der Waals surface area contributed by atoms with Gasteiger partial charge in [-0.05, 0) is 43.0 Å². The lowest BCUT2D eigenvalue weighted by Gasteiger charge is -2.15. The number of hydrogen-bond donors (Lipinski definition) is 1. The molecule has 100 valence electrons. The van der Waals surface area contributed by atoms with Gasteiger partial charge in [-0.15, -0.1) is 0 Å². The SMILES string of the molecule is CCc1cnccc1C(O)Cc1cc(C)cc(C)c1. The highest BCUT2D eigenvalue weighted by molar-refractivity contribution is 5.32. The first-order valence-electron chi connectivity index (χ1n) is 6.78. The van der Waals surface area contributed by atoms with Crippen molar-refractivity contribution in [3.63, 3.8) is 0 Å². The second kappa shape index (κ2) is 5.98. The minimum absolute atomic E-state index is 0.459. The molecule has 1 aromatic carbocycles. The first-order valence-corrected chi connectivity index (χ1v) is 6.78. The highest BCUT2D eigenvalue weighted by Gasteiger charge is 2.12. The molecule has 1 N–H and O–H groups in total. The molecular weight excluding hydrogens is 234 g/mol. The lowest BCUT2D eigenvalue weighted by atomic mass is 9.96. The molecule has 0 radical (unpaired) electrons. The third-order valence-electron chi connectivity index (χ3n) is 3.39. The molecule has 2 rings (SSSR count). The van der Waals surface area contributed by atoms with Crippen LogP contribution < -0.4 is 0 Å². The highest BCUT2D eigenvalue weighted by Crippen LogP contribution is 2.22. The van der Waals surface area contributed by atoms with Gasteiger partial charge >= 0.3 is 0 Å². The molecule has 0 aliphatic carbocycles. The molecule has 1 unspecified atom stereocenters.